The number of anilines is 1. The zero-order valence-electron chi connectivity index (χ0n) is 11.5. The highest BCUT2D eigenvalue weighted by Gasteiger charge is 2.38. The van der Waals surface area contributed by atoms with E-state index in [-0.39, 0.29) is 5.75 Å². The molecule has 0 bridgehead atoms. The van der Waals surface area contributed by atoms with E-state index in [2.05, 4.69) is 21.2 Å². The molecule has 0 aromatic heterocycles. The van der Waals surface area contributed by atoms with E-state index in [1.807, 2.05) is 31.2 Å². The SMILES string of the molecule is CCC(Nc1cccc(Br)c1)(C(=O)O)c1ccc(O)cc1. The highest BCUT2D eigenvalue weighted by molar-refractivity contribution is 9.10. The maximum Gasteiger partial charge on any atom is 0.334 e. The van der Waals surface area contributed by atoms with Gasteiger partial charge in [-0.3, -0.25) is 0 Å². The van der Waals surface area contributed by atoms with Crippen molar-refractivity contribution in [1.82, 2.24) is 0 Å². The third kappa shape index (κ3) is 3.19. The van der Waals surface area contributed by atoms with Crippen molar-refractivity contribution in [3.63, 3.8) is 0 Å². The number of phenolic OH excluding ortho intramolecular Hbond substituents is 1. The van der Waals surface area contributed by atoms with Crippen molar-refractivity contribution >= 4 is 27.6 Å². The molecule has 0 saturated heterocycles. The first-order valence-corrected chi connectivity index (χ1v) is 7.34. The minimum atomic E-state index is -1.24. The summed E-state index contributed by atoms with van der Waals surface area (Å²) < 4.78 is 0.869. The molecule has 3 N–H and O–H groups in total. The number of benzene rings is 2. The van der Waals surface area contributed by atoms with Crippen LogP contribution in [0.4, 0.5) is 5.69 Å². The number of carboxylic acids is 1. The average Bonchev–Trinajstić information content (AvgIpc) is 2.45. The molecular formula is C16H16BrNO3. The molecule has 0 aliphatic carbocycles. The molecule has 2 aromatic carbocycles. The molecule has 0 amide bonds. The van der Waals surface area contributed by atoms with Gasteiger partial charge in [-0.05, 0) is 42.3 Å². The van der Waals surface area contributed by atoms with Crippen LogP contribution in [0.1, 0.15) is 18.9 Å². The zero-order valence-corrected chi connectivity index (χ0v) is 13.1. The standard InChI is InChI=1S/C16H16BrNO3/c1-2-16(15(20)21,11-6-8-14(19)9-7-11)18-13-5-3-4-12(17)10-13/h3-10,18-19H,2H2,1H3,(H,20,21). The summed E-state index contributed by atoms with van der Waals surface area (Å²) in [5.74, 6) is -0.854. The molecule has 0 aliphatic rings. The third-order valence-electron chi connectivity index (χ3n) is 3.44. The van der Waals surface area contributed by atoms with Crippen LogP contribution in [0.25, 0.3) is 0 Å². The molecule has 1 unspecified atom stereocenters. The van der Waals surface area contributed by atoms with Crippen molar-refractivity contribution in [2.75, 3.05) is 5.32 Å². The minimum absolute atomic E-state index is 0.108. The lowest BCUT2D eigenvalue weighted by Gasteiger charge is -2.31. The van der Waals surface area contributed by atoms with Crippen molar-refractivity contribution < 1.29 is 15.0 Å². The Bertz CT molecular complexity index is 642. The van der Waals surface area contributed by atoms with Gasteiger partial charge in [-0.25, -0.2) is 4.79 Å². The number of phenols is 1. The Balaban J connectivity index is 2.46. The van der Waals surface area contributed by atoms with Crippen LogP contribution in [0.2, 0.25) is 0 Å². The van der Waals surface area contributed by atoms with Gasteiger partial charge in [-0.1, -0.05) is 41.1 Å². The van der Waals surface area contributed by atoms with Crippen molar-refractivity contribution in [2.45, 2.75) is 18.9 Å². The second kappa shape index (κ2) is 6.18. The summed E-state index contributed by atoms with van der Waals surface area (Å²) in [5.41, 5.74) is 0.0612. The fourth-order valence-electron chi connectivity index (χ4n) is 2.25. The molecule has 0 fully saturated rings. The van der Waals surface area contributed by atoms with E-state index in [0.717, 1.165) is 4.47 Å². The number of nitrogens with one attached hydrogen (secondary N) is 1. The molecule has 2 rings (SSSR count). The Kier molecular flexibility index (Phi) is 4.53. The van der Waals surface area contributed by atoms with Gasteiger partial charge in [0.25, 0.3) is 0 Å². The molecular weight excluding hydrogens is 334 g/mol. The van der Waals surface area contributed by atoms with Crippen molar-refractivity contribution in [2.24, 2.45) is 0 Å². The minimum Gasteiger partial charge on any atom is -0.508 e. The maximum atomic E-state index is 11.9. The van der Waals surface area contributed by atoms with Crippen LogP contribution < -0.4 is 5.32 Å². The molecule has 21 heavy (non-hydrogen) atoms. The number of aromatic hydroxyl groups is 1. The molecule has 0 radical (unpaired) electrons. The zero-order chi connectivity index (χ0) is 15.5. The Morgan fingerprint density at radius 3 is 2.43 bits per heavy atom. The molecule has 110 valence electrons. The van der Waals surface area contributed by atoms with Gasteiger partial charge in [0.1, 0.15) is 5.75 Å². The number of carbonyl (C=O) groups is 1. The van der Waals surface area contributed by atoms with Crippen molar-refractivity contribution in [3.8, 4) is 5.75 Å². The lowest BCUT2D eigenvalue weighted by atomic mass is 9.86. The third-order valence-corrected chi connectivity index (χ3v) is 3.93. The second-order valence-electron chi connectivity index (χ2n) is 4.75. The van der Waals surface area contributed by atoms with Crippen LogP contribution in [-0.2, 0) is 10.3 Å². The fourth-order valence-corrected chi connectivity index (χ4v) is 2.65. The van der Waals surface area contributed by atoms with E-state index in [1.54, 1.807) is 12.1 Å². The predicted octanol–water partition coefficient (Wildman–Crippen LogP) is 3.96. The molecule has 4 nitrogen and oxygen atoms in total. The number of hydrogen-bond acceptors (Lipinski definition) is 3. The fraction of sp³-hybridized carbons (Fsp3) is 0.188. The molecule has 0 aliphatic heterocycles. The van der Waals surface area contributed by atoms with Gasteiger partial charge >= 0.3 is 5.97 Å². The van der Waals surface area contributed by atoms with Gasteiger partial charge in [0.15, 0.2) is 5.54 Å². The summed E-state index contributed by atoms with van der Waals surface area (Å²) in [7, 11) is 0. The number of halogens is 1. The molecule has 5 heteroatoms. The molecule has 0 heterocycles. The number of rotatable bonds is 5. The Morgan fingerprint density at radius 2 is 1.90 bits per heavy atom. The number of aliphatic carboxylic acids is 1. The van der Waals surface area contributed by atoms with E-state index >= 15 is 0 Å². The lowest BCUT2D eigenvalue weighted by Crippen LogP contribution is -2.43. The Labute approximate surface area is 131 Å². The number of carboxylic acid groups (broad SMARTS) is 1. The van der Waals surface area contributed by atoms with Gasteiger partial charge in [-0.15, -0.1) is 0 Å². The molecule has 0 saturated carbocycles. The summed E-state index contributed by atoms with van der Waals surface area (Å²) in [5, 5.41) is 22.2. The van der Waals surface area contributed by atoms with E-state index < -0.39 is 11.5 Å². The second-order valence-corrected chi connectivity index (χ2v) is 5.66. The van der Waals surface area contributed by atoms with E-state index in [0.29, 0.717) is 17.7 Å². The van der Waals surface area contributed by atoms with Crippen LogP contribution in [0.5, 0.6) is 5.75 Å². The predicted molar refractivity (Wildman–Crippen MR) is 85.5 cm³/mol. The van der Waals surface area contributed by atoms with E-state index in [4.69, 9.17) is 0 Å². The first-order chi connectivity index (χ1) is 9.98. The smallest absolute Gasteiger partial charge is 0.334 e. The van der Waals surface area contributed by atoms with Crippen LogP contribution in [0, 0.1) is 0 Å². The topological polar surface area (TPSA) is 69.6 Å². The highest BCUT2D eigenvalue weighted by Crippen LogP contribution is 2.32. The van der Waals surface area contributed by atoms with Crippen LogP contribution >= 0.6 is 15.9 Å². The molecule has 0 spiro atoms. The molecule has 2 aromatic rings. The quantitative estimate of drug-likeness (QED) is 0.764. The van der Waals surface area contributed by atoms with Crippen molar-refractivity contribution in [3.05, 3.63) is 58.6 Å². The summed E-state index contributed by atoms with van der Waals surface area (Å²) in [4.78, 5) is 11.9. The summed E-state index contributed by atoms with van der Waals surface area (Å²) in [6.45, 7) is 1.81. The lowest BCUT2D eigenvalue weighted by molar-refractivity contribution is -0.142. The van der Waals surface area contributed by atoms with Crippen LogP contribution in [-0.4, -0.2) is 16.2 Å². The van der Waals surface area contributed by atoms with E-state index in [1.165, 1.54) is 12.1 Å². The molecule has 1 atom stereocenters. The first kappa shape index (κ1) is 15.4. The van der Waals surface area contributed by atoms with Gasteiger partial charge in [0, 0.05) is 10.2 Å². The van der Waals surface area contributed by atoms with Gasteiger partial charge < -0.3 is 15.5 Å². The maximum absolute atomic E-state index is 11.9. The van der Waals surface area contributed by atoms with Gasteiger partial charge in [-0.2, -0.15) is 0 Å². The van der Waals surface area contributed by atoms with E-state index in [9.17, 15) is 15.0 Å². The van der Waals surface area contributed by atoms with Crippen LogP contribution in [0.3, 0.4) is 0 Å². The summed E-state index contributed by atoms with van der Waals surface area (Å²) >= 11 is 3.37. The summed E-state index contributed by atoms with van der Waals surface area (Å²) in [6, 6.07) is 13.6. The normalized spacial score (nSPS) is 13.4. The average molecular weight is 350 g/mol. The highest BCUT2D eigenvalue weighted by atomic mass is 79.9. The van der Waals surface area contributed by atoms with Gasteiger partial charge in [0.2, 0.25) is 0 Å². The first-order valence-electron chi connectivity index (χ1n) is 6.54. The largest absolute Gasteiger partial charge is 0.508 e. The monoisotopic (exact) mass is 349 g/mol. The summed E-state index contributed by atoms with van der Waals surface area (Å²) in [6.07, 6.45) is 0.361. The van der Waals surface area contributed by atoms with Crippen LogP contribution in [0.15, 0.2) is 53.0 Å². The Morgan fingerprint density at radius 1 is 1.24 bits per heavy atom. The number of hydrogen-bond donors (Lipinski definition) is 3. The van der Waals surface area contributed by atoms with Gasteiger partial charge in [0.05, 0.1) is 0 Å². The van der Waals surface area contributed by atoms with Crippen molar-refractivity contribution in [1.29, 1.82) is 0 Å². The Hall–Kier alpha value is -2.01.